The number of rotatable bonds is 4. The van der Waals surface area contributed by atoms with E-state index < -0.39 is 0 Å². The predicted molar refractivity (Wildman–Crippen MR) is 79.9 cm³/mol. The highest BCUT2D eigenvalue weighted by Crippen LogP contribution is 2.25. The summed E-state index contributed by atoms with van der Waals surface area (Å²) < 4.78 is 2.12. The van der Waals surface area contributed by atoms with Crippen LogP contribution in [0, 0.1) is 6.92 Å². The fourth-order valence-electron chi connectivity index (χ4n) is 2.65. The van der Waals surface area contributed by atoms with Crippen LogP contribution in [0.5, 0.6) is 0 Å². The highest BCUT2D eigenvalue weighted by molar-refractivity contribution is 6.03. The van der Waals surface area contributed by atoms with E-state index in [0.717, 1.165) is 31.8 Å². The molecule has 0 N–H and O–H groups in total. The molecule has 1 aliphatic rings. The zero-order valence-electron chi connectivity index (χ0n) is 12.8. The molecular weight excluding hydrogens is 252 g/mol. The lowest BCUT2D eigenvalue weighted by Gasteiger charge is -2.31. The first-order valence-corrected chi connectivity index (χ1v) is 7.10. The van der Waals surface area contributed by atoms with Gasteiger partial charge in [0.2, 0.25) is 5.78 Å². The maximum absolute atomic E-state index is 12.3. The van der Waals surface area contributed by atoms with Crippen LogP contribution in [0.25, 0.3) is 0 Å². The van der Waals surface area contributed by atoms with Crippen molar-refractivity contribution in [1.29, 1.82) is 0 Å². The van der Waals surface area contributed by atoms with Crippen molar-refractivity contribution < 1.29 is 4.79 Å². The number of aryl methyl sites for hydroxylation is 1. The van der Waals surface area contributed by atoms with E-state index in [4.69, 9.17) is 0 Å². The summed E-state index contributed by atoms with van der Waals surface area (Å²) in [5.41, 5.74) is 0.704. The van der Waals surface area contributed by atoms with Gasteiger partial charge in [0.25, 0.3) is 0 Å². The molecule has 0 spiro atoms. The Bertz CT molecular complexity index is 496. The lowest BCUT2D eigenvalue weighted by molar-refractivity contribution is 0.103. The summed E-state index contributed by atoms with van der Waals surface area (Å²) in [5.74, 6) is 0.958. The van der Waals surface area contributed by atoms with E-state index in [1.807, 2.05) is 25.9 Å². The molecule has 0 aromatic carbocycles. The molecule has 0 saturated carbocycles. The van der Waals surface area contributed by atoms with Crippen LogP contribution in [0.4, 0.5) is 0 Å². The van der Waals surface area contributed by atoms with Crippen LogP contribution in [0.3, 0.4) is 0 Å². The third-order valence-corrected chi connectivity index (χ3v) is 3.81. The Morgan fingerprint density at radius 1 is 1.40 bits per heavy atom. The number of hydrogen-bond acceptors (Lipinski definition) is 4. The zero-order valence-corrected chi connectivity index (χ0v) is 12.8. The minimum Gasteiger partial charge on any atom is -0.383 e. The summed E-state index contributed by atoms with van der Waals surface area (Å²) in [6.07, 6.45) is 7.25. The summed E-state index contributed by atoms with van der Waals surface area (Å²) in [7, 11) is 5.95. The van der Waals surface area contributed by atoms with Gasteiger partial charge in [0, 0.05) is 32.4 Å². The van der Waals surface area contributed by atoms with E-state index in [-0.39, 0.29) is 5.78 Å². The Kier molecular flexibility index (Phi) is 4.60. The van der Waals surface area contributed by atoms with E-state index in [1.165, 1.54) is 0 Å². The van der Waals surface area contributed by atoms with Crippen molar-refractivity contribution in [2.45, 2.75) is 25.8 Å². The molecule has 0 radical (unpaired) electrons. The van der Waals surface area contributed by atoms with Crippen molar-refractivity contribution in [3.63, 3.8) is 0 Å². The SMILES string of the molecule is Cc1ncc(C(=O)C=CN(C)C)n1C1CCN(C)CC1. The van der Waals surface area contributed by atoms with Crippen molar-refractivity contribution in [2.24, 2.45) is 0 Å². The molecule has 1 saturated heterocycles. The second-order valence-electron chi connectivity index (χ2n) is 5.74. The van der Waals surface area contributed by atoms with E-state index in [1.54, 1.807) is 18.5 Å². The Morgan fingerprint density at radius 2 is 2.05 bits per heavy atom. The number of piperidine rings is 1. The number of nitrogens with zero attached hydrogens (tertiary/aromatic N) is 4. The standard InChI is InChI=1S/C15H24N4O/c1-12-16-11-14(15(20)7-8-17(2)3)19(12)13-5-9-18(4)10-6-13/h7-8,11,13H,5-6,9-10H2,1-4H3. The molecule has 110 valence electrons. The number of imidazole rings is 1. The largest absolute Gasteiger partial charge is 0.383 e. The van der Waals surface area contributed by atoms with Crippen LogP contribution < -0.4 is 0 Å². The summed E-state index contributed by atoms with van der Waals surface area (Å²) >= 11 is 0. The lowest BCUT2D eigenvalue weighted by atomic mass is 10.0. The van der Waals surface area contributed by atoms with Gasteiger partial charge in [-0.3, -0.25) is 4.79 Å². The smallest absolute Gasteiger partial charge is 0.205 e. The molecule has 0 atom stereocenters. The number of carbonyl (C=O) groups excluding carboxylic acids is 1. The highest BCUT2D eigenvalue weighted by atomic mass is 16.1. The Balaban J connectivity index is 2.21. The molecule has 1 fully saturated rings. The van der Waals surface area contributed by atoms with Gasteiger partial charge < -0.3 is 14.4 Å². The van der Waals surface area contributed by atoms with Gasteiger partial charge in [-0.15, -0.1) is 0 Å². The van der Waals surface area contributed by atoms with Crippen molar-refractivity contribution >= 4 is 5.78 Å². The van der Waals surface area contributed by atoms with Gasteiger partial charge in [-0.2, -0.15) is 0 Å². The van der Waals surface area contributed by atoms with E-state index in [9.17, 15) is 4.79 Å². The second kappa shape index (κ2) is 6.22. The van der Waals surface area contributed by atoms with Crippen LogP contribution in [0.15, 0.2) is 18.5 Å². The third-order valence-electron chi connectivity index (χ3n) is 3.81. The van der Waals surface area contributed by atoms with Crippen molar-refractivity contribution in [3.8, 4) is 0 Å². The molecule has 0 amide bonds. The van der Waals surface area contributed by atoms with Gasteiger partial charge >= 0.3 is 0 Å². The number of carbonyl (C=O) groups is 1. The van der Waals surface area contributed by atoms with Crippen molar-refractivity contribution in [2.75, 3.05) is 34.2 Å². The van der Waals surface area contributed by atoms with Crippen LogP contribution in [0.1, 0.15) is 35.2 Å². The third kappa shape index (κ3) is 3.28. The minimum atomic E-state index is 0.0261. The highest BCUT2D eigenvalue weighted by Gasteiger charge is 2.23. The van der Waals surface area contributed by atoms with Gasteiger partial charge in [-0.05, 0) is 39.9 Å². The molecule has 1 aromatic heterocycles. The topological polar surface area (TPSA) is 41.4 Å². The lowest BCUT2D eigenvalue weighted by Crippen LogP contribution is -2.32. The quantitative estimate of drug-likeness (QED) is 0.620. The number of ketones is 1. The van der Waals surface area contributed by atoms with Crippen LogP contribution >= 0.6 is 0 Å². The molecule has 2 rings (SSSR count). The molecule has 20 heavy (non-hydrogen) atoms. The molecule has 1 aromatic rings. The molecule has 0 unspecified atom stereocenters. The normalized spacial score (nSPS) is 17.8. The number of allylic oxidation sites excluding steroid dienone is 1. The van der Waals surface area contributed by atoms with Gasteiger partial charge in [0.05, 0.1) is 6.20 Å². The summed E-state index contributed by atoms with van der Waals surface area (Å²) in [4.78, 5) is 20.8. The maximum atomic E-state index is 12.3. The van der Waals surface area contributed by atoms with E-state index in [0.29, 0.717) is 11.7 Å². The van der Waals surface area contributed by atoms with Crippen LogP contribution in [-0.2, 0) is 0 Å². The fourth-order valence-corrected chi connectivity index (χ4v) is 2.65. The Hall–Kier alpha value is -1.62. The zero-order chi connectivity index (χ0) is 14.7. The number of aromatic nitrogens is 2. The van der Waals surface area contributed by atoms with Crippen molar-refractivity contribution in [1.82, 2.24) is 19.4 Å². The Morgan fingerprint density at radius 3 is 2.65 bits per heavy atom. The van der Waals surface area contributed by atoms with Crippen molar-refractivity contribution in [3.05, 3.63) is 30.0 Å². The molecule has 1 aliphatic heterocycles. The summed E-state index contributed by atoms with van der Waals surface area (Å²) in [6, 6.07) is 0.389. The molecule has 5 nitrogen and oxygen atoms in total. The number of hydrogen-bond donors (Lipinski definition) is 0. The van der Waals surface area contributed by atoms with E-state index in [2.05, 4.69) is 21.5 Å². The molecular formula is C15H24N4O. The first kappa shape index (κ1) is 14.8. The van der Waals surface area contributed by atoms with Gasteiger partial charge in [-0.1, -0.05) is 0 Å². The van der Waals surface area contributed by atoms with Gasteiger partial charge in [0.1, 0.15) is 11.5 Å². The molecule has 0 bridgehead atoms. The van der Waals surface area contributed by atoms with Crippen LogP contribution in [-0.4, -0.2) is 59.4 Å². The monoisotopic (exact) mass is 276 g/mol. The average molecular weight is 276 g/mol. The molecule has 2 heterocycles. The molecule has 0 aliphatic carbocycles. The Labute approximate surface area is 120 Å². The predicted octanol–water partition coefficient (Wildman–Crippen LogP) is 1.72. The second-order valence-corrected chi connectivity index (χ2v) is 5.74. The first-order chi connectivity index (χ1) is 9.49. The van der Waals surface area contributed by atoms with Crippen LogP contribution in [0.2, 0.25) is 0 Å². The fraction of sp³-hybridized carbons (Fsp3) is 0.600. The van der Waals surface area contributed by atoms with Gasteiger partial charge in [0.15, 0.2) is 0 Å². The average Bonchev–Trinajstić information content (AvgIpc) is 2.79. The summed E-state index contributed by atoms with van der Waals surface area (Å²) in [5, 5.41) is 0. The summed E-state index contributed by atoms with van der Waals surface area (Å²) in [6.45, 7) is 4.12. The first-order valence-electron chi connectivity index (χ1n) is 7.10. The molecule has 5 heteroatoms. The van der Waals surface area contributed by atoms with E-state index >= 15 is 0 Å². The maximum Gasteiger partial charge on any atom is 0.205 e. The number of likely N-dealkylation sites (tertiary alicyclic amines) is 1. The van der Waals surface area contributed by atoms with Gasteiger partial charge in [-0.25, -0.2) is 4.98 Å². The minimum absolute atomic E-state index is 0.0261.